The highest BCUT2D eigenvalue weighted by molar-refractivity contribution is 5.79. The summed E-state index contributed by atoms with van der Waals surface area (Å²) < 4.78 is 10.5. The lowest BCUT2D eigenvalue weighted by atomic mass is 10.1. The predicted octanol–water partition coefficient (Wildman–Crippen LogP) is 1.09. The van der Waals surface area contributed by atoms with Gasteiger partial charge < -0.3 is 25.4 Å². The van der Waals surface area contributed by atoms with Crippen molar-refractivity contribution < 1.29 is 14.3 Å². The Hall–Kier alpha value is -2.28. The third kappa shape index (κ3) is 8.20. The van der Waals surface area contributed by atoms with Crippen LogP contribution in [0.2, 0.25) is 0 Å². The minimum Gasteiger partial charge on any atom is -0.484 e. The average molecular weight is 362 g/mol. The lowest BCUT2D eigenvalue weighted by Gasteiger charge is -2.12. The molecule has 0 spiro atoms. The highest BCUT2D eigenvalue weighted by Crippen LogP contribution is 2.18. The van der Waals surface area contributed by atoms with E-state index < -0.39 is 0 Å². The molecule has 26 heavy (non-hydrogen) atoms. The predicted molar refractivity (Wildman–Crippen MR) is 103 cm³/mol. The van der Waals surface area contributed by atoms with Crippen molar-refractivity contribution in [1.29, 1.82) is 0 Å². The van der Waals surface area contributed by atoms with Gasteiger partial charge >= 0.3 is 0 Å². The quantitative estimate of drug-likeness (QED) is 0.312. The van der Waals surface area contributed by atoms with E-state index in [0.29, 0.717) is 11.8 Å². The molecule has 7 heteroatoms. The normalized spacial score (nSPS) is 14.0. The molecule has 0 radical (unpaired) electrons. The van der Waals surface area contributed by atoms with Gasteiger partial charge in [-0.05, 0) is 43.4 Å². The van der Waals surface area contributed by atoms with Gasteiger partial charge in [-0.25, -0.2) is 0 Å². The molecule has 0 saturated heterocycles. The number of benzene rings is 1. The van der Waals surface area contributed by atoms with Gasteiger partial charge in [-0.2, -0.15) is 0 Å². The minimum atomic E-state index is -0.0508. The van der Waals surface area contributed by atoms with Crippen molar-refractivity contribution in [2.75, 3.05) is 40.5 Å². The zero-order valence-corrected chi connectivity index (χ0v) is 15.7. The smallest absolute Gasteiger partial charge is 0.258 e. The Bertz CT molecular complexity index is 571. The van der Waals surface area contributed by atoms with E-state index in [9.17, 15) is 4.79 Å². The van der Waals surface area contributed by atoms with Gasteiger partial charge in [0.15, 0.2) is 12.6 Å². The summed E-state index contributed by atoms with van der Waals surface area (Å²) in [7, 11) is 3.46. The monoisotopic (exact) mass is 362 g/mol. The van der Waals surface area contributed by atoms with Gasteiger partial charge in [-0.3, -0.25) is 9.79 Å². The minimum absolute atomic E-state index is 0.0508. The molecule has 7 nitrogen and oxygen atoms in total. The van der Waals surface area contributed by atoms with Gasteiger partial charge in [0.1, 0.15) is 5.75 Å². The van der Waals surface area contributed by atoms with Gasteiger partial charge in [0.2, 0.25) is 0 Å². The largest absolute Gasteiger partial charge is 0.484 e. The van der Waals surface area contributed by atoms with Gasteiger partial charge in [0.05, 0.1) is 0 Å². The number of aliphatic imine (C=N–C) groups is 1. The number of amides is 1. The van der Waals surface area contributed by atoms with Crippen molar-refractivity contribution in [3.63, 3.8) is 0 Å². The third-order valence-corrected chi connectivity index (χ3v) is 3.98. The van der Waals surface area contributed by atoms with Crippen LogP contribution in [0.4, 0.5) is 0 Å². The van der Waals surface area contributed by atoms with E-state index in [-0.39, 0.29) is 12.5 Å². The standard InChI is InChI=1S/C19H30N4O3/c1-20-19(21-11-3-13-25-2)22-12-10-15-4-8-17(9-5-15)26-14-18(24)23-16-6-7-16/h4-5,8-9,16H,3,6-7,10-14H2,1-2H3,(H,23,24)(H2,20,21,22). The van der Waals surface area contributed by atoms with Crippen LogP contribution in [0.1, 0.15) is 24.8 Å². The number of ether oxygens (including phenoxy) is 2. The fraction of sp³-hybridized carbons (Fsp3) is 0.579. The second-order valence-corrected chi connectivity index (χ2v) is 6.30. The Morgan fingerprint density at radius 1 is 1.19 bits per heavy atom. The molecule has 3 N–H and O–H groups in total. The summed E-state index contributed by atoms with van der Waals surface area (Å²) in [6.45, 7) is 2.42. The van der Waals surface area contributed by atoms with Crippen LogP contribution in [0.3, 0.4) is 0 Å². The van der Waals surface area contributed by atoms with Crippen molar-refractivity contribution in [3.8, 4) is 5.75 Å². The molecule has 1 aromatic rings. The summed E-state index contributed by atoms with van der Waals surface area (Å²) in [4.78, 5) is 15.8. The first-order valence-electron chi connectivity index (χ1n) is 9.16. The molecule has 1 fully saturated rings. The molecule has 0 heterocycles. The van der Waals surface area contributed by atoms with Crippen molar-refractivity contribution in [2.24, 2.45) is 4.99 Å². The van der Waals surface area contributed by atoms with Crippen LogP contribution < -0.4 is 20.7 Å². The van der Waals surface area contributed by atoms with E-state index >= 15 is 0 Å². The Balaban J connectivity index is 1.62. The number of carbonyl (C=O) groups is 1. The first-order chi connectivity index (χ1) is 12.7. The van der Waals surface area contributed by atoms with Crippen molar-refractivity contribution >= 4 is 11.9 Å². The average Bonchev–Trinajstić information content (AvgIpc) is 3.47. The SMILES string of the molecule is CN=C(NCCCOC)NCCc1ccc(OCC(=O)NC2CC2)cc1. The Morgan fingerprint density at radius 3 is 2.58 bits per heavy atom. The molecular weight excluding hydrogens is 332 g/mol. The molecule has 0 aromatic heterocycles. The number of nitrogens with one attached hydrogen (secondary N) is 3. The summed E-state index contributed by atoms with van der Waals surface area (Å²) in [5, 5.41) is 9.44. The Morgan fingerprint density at radius 2 is 1.92 bits per heavy atom. The van der Waals surface area contributed by atoms with E-state index in [2.05, 4.69) is 20.9 Å². The lowest BCUT2D eigenvalue weighted by molar-refractivity contribution is -0.123. The number of methoxy groups -OCH3 is 1. The van der Waals surface area contributed by atoms with Crippen LogP contribution in [0.15, 0.2) is 29.3 Å². The van der Waals surface area contributed by atoms with E-state index in [1.165, 1.54) is 5.56 Å². The molecule has 2 rings (SSSR count). The van der Waals surface area contributed by atoms with Crippen molar-refractivity contribution in [3.05, 3.63) is 29.8 Å². The topological polar surface area (TPSA) is 84.0 Å². The van der Waals surface area contributed by atoms with Crippen LogP contribution in [0.25, 0.3) is 0 Å². The fourth-order valence-corrected chi connectivity index (χ4v) is 2.37. The number of rotatable bonds is 11. The molecule has 0 aliphatic heterocycles. The Labute approximate surface area is 155 Å². The number of hydrogen-bond donors (Lipinski definition) is 3. The summed E-state index contributed by atoms with van der Waals surface area (Å²) in [5.41, 5.74) is 1.20. The third-order valence-electron chi connectivity index (χ3n) is 3.98. The first kappa shape index (κ1) is 20.0. The summed E-state index contributed by atoms with van der Waals surface area (Å²) in [6, 6.07) is 8.21. The second kappa shape index (κ2) is 11.4. The fourth-order valence-electron chi connectivity index (χ4n) is 2.37. The summed E-state index contributed by atoms with van der Waals surface area (Å²) >= 11 is 0. The van der Waals surface area contributed by atoms with E-state index in [1.54, 1.807) is 14.2 Å². The number of hydrogen-bond acceptors (Lipinski definition) is 4. The van der Waals surface area contributed by atoms with E-state index in [1.807, 2.05) is 24.3 Å². The molecule has 0 bridgehead atoms. The number of carbonyl (C=O) groups excluding carboxylic acids is 1. The lowest BCUT2D eigenvalue weighted by Crippen LogP contribution is -2.39. The summed E-state index contributed by atoms with van der Waals surface area (Å²) in [5.74, 6) is 1.45. The summed E-state index contributed by atoms with van der Waals surface area (Å²) in [6.07, 6.45) is 3.99. The molecule has 1 saturated carbocycles. The first-order valence-corrected chi connectivity index (χ1v) is 9.16. The van der Waals surface area contributed by atoms with Gasteiger partial charge in [0.25, 0.3) is 5.91 Å². The van der Waals surface area contributed by atoms with Crippen LogP contribution in [0, 0.1) is 0 Å². The maximum absolute atomic E-state index is 11.6. The maximum atomic E-state index is 11.6. The second-order valence-electron chi connectivity index (χ2n) is 6.30. The molecule has 144 valence electrons. The molecule has 0 atom stereocenters. The van der Waals surface area contributed by atoms with Gasteiger partial charge in [-0.1, -0.05) is 12.1 Å². The van der Waals surface area contributed by atoms with E-state index in [0.717, 1.165) is 51.3 Å². The van der Waals surface area contributed by atoms with Gasteiger partial charge in [0, 0.05) is 39.9 Å². The van der Waals surface area contributed by atoms with Crippen LogP contribution in [-0.2, 0) is 16.0 Å². The zero-order valence-electron chi connectivity index (χ0n) is 15.7. The molecule has 1 aromatic carbocycles. The Kier molecular flexibility index (Phi) is 8.75. The van der Waals surface area contributed by atoms with Crippen LogP contribution in [-0.4, -0.2) is 58.4 Å². The van der Waals surface area contributed by atoms with Gasteiger partial charge in [-0.15, -0.1) is 0 Å². The maximum Gasteiger partial charge on any atom is 0.258 e. The van der Waals surface area contributed by atoms with Crippen LogP contribution in [0.5, 0.6) is 5.75 Å². The highest BCUT2D eigenvalue weighted by Gasteiger charge is 2.23. The molecule has 1 aliphatic carbocycles. The van der Waals surface area contributed by atoms with E-state index in [4.69, 9.17) is 9.47 Å². The molecule has 1 amide bonds. The highest BCUT2D eigenvalue weighted by atomic mass is 16.5. The van der Waals surface area contributed by atoms with Crippen LogP contribution >= 0.6 is 0 Å². The zero-order chi connectivity index (χ0) is 18.6. The number of nitrogens with zero attached hydrogens (tertiary/aromatic N) is 1. The molecular formula is C19H30N4O3. The van der Waals surface area contributed by atoms with Crippen molar-refractivity contribution in [2.45, 2.75) is 31.7 Å². The number of guanidine groups is 1. The molecule has 0 unspecified atom stereocenters. The van der Waals surface area contributed by atoms with Crippen molar-refractivity contribution in [1.82, 2.24) is 16.0 Å². The molecule has 1 aliphatic rings.